The van der Waals surface area contributed by atoms with Crippen LogP contribution in [-0.4, -0.2) is 36.6 Å². The zero-order valence-corrected chi connectivity index (χ0v) is 9.40. The highest BCUT2D eigenvalue weighted by molar-refractivity contribution is 7.13. The van der Waals surface area contributed by atoms with Crippen LogP contribution in [0.15, 0.2) is 6.20 Å². The first-order valence-electron chi connectivity index (χ1n) is 4.87. The first kappa shape index (κ1) is 12.5. The normalized spacial score (nSPS) is 21.5. The molecule has 1 aromatic heterocycles. The average molecular weight is 266 g/mol. The number of ketones is 1. The van der Waals surface area contributed by atoms with E-state index in [0.29, 0.717) is 24.5 Å². The third-order valence-corrected chi connectivity index (χ3v) is 3.29. The van der Waals surface area contributed by atoms with Crippen LogP contribution in [0.2, 0.25) is 0 Å². The molecule has 0 radical (unpaired) electrons. The Balaban J connectivity index is 2.11. The fourth-order valence-electron chi connectivity index (χ4n) is 1.42. The summed E-state index contributed by atoms with van der Waals surface area (Å²) in [6.07, 6.45) is -3.54. The van der Waals surface area contributed by atoms with E-state index in [4.69, 9.17) is 4.74 Å². The highest BCUT2D eigenvalue weighted by atomic mass is 32.1. The van der Waals surface area contributed by atoms with E-state index in [-0.39, 0.29) is 11.5 Å². The first-order valence-corrected chi connectivity index (χ1v) is 5.68. The van der Waals surface area contributed by atoms with E-state index in [9.17, 15) is 18.0 Å². The Morgan fingerprint density at radius 2 is 2.35 bits per heavy atom. The van der Waals surface area contributed by atoms with E-state index in [1.807, 2.05) is 0 Å². The number of Topliss-reactive ketones (excluding diaryl/α,β-unsaturated/α-hetero) is 1. The number of carbonyl (C=O) groups excluding carboxylic acids is 1. The third-order valence-electron chi connectivity index (χ3n) is 2.23. The Bertz CT molecular complexity index is 413. The molecule has 0 saturated carbocycles. The second-order valence-corrected chi connectivity index (χ2v) is 4.50. The number of thiazole rings is 1. The third kappa shape index (κ3) is 2.82. The number of ether oxygens (including phenoxy) is 1. The zero-order valence-electron chi connectivity index (χ0n) is 8.58. The Labute approximate surface area is 98.8 Å². The van der Waals surface area contributed by atoms with Gasteiger partial charge < -0.3 is 10.1 Å². The van der Waals surface area contributed by atoms with Crippen molar-refractivity contribution in [2.45, 2.75) is 12.2 Å². The number of halogens is 3. The number of hydrogen-bond donors (Lipinski definition) is 1. The largest absolute Gasteiger partial charge is 0.443 e. The predicted octanol–water partition coefficient (Wildman–Crippen LogP) is 1.33. The summed E-state index contributed by atoms with van der Waals surface area (Å²) < 4.78 is 42.0. The van der Waals surface area contributed by atoms with Gasteiger partial charge >= 0.3 is 6.18 Å². The van der Waals surface area contributed by atoms with Gasteiger partial charge in [-0.3, -0.25) is 4.79 Å². The van der Waals surface area contributed by atoms with Gasteiger partial charge in [0.05, 0.1) is 24.1 Å². The molecule has 1 unspecified atom stereocenters. The van der Waals surface area contributed by atoms with Crippen molar-refractivity contribution < 1.29 is 22.7 Å². The van der Waals surface area contributed by atoms with Gasteiger partial charge in [-0.05, 0) is 0 Å². The molecule has 1 aliphatic heterocycles. The Hall–Kier alpha value is -0.990. The van der Waals surface area contributed by atoms with Gasteiger partial charge in [0.2, 0.25) is 0 Å². The van der Waals surface area contributed by atoms with Crippen LogP contribution >= 0.6 is 11.3 Å². The lowest BCUT2D eigenvalue weighted by Gasteiger charge is -2.21. The number of rotatable bonds is 2. The molecular weight excluding hydrogens is 257 g/mol. The molecule has 0 bridgehead atoms. The summed E-state index contributed by atoms with van der Waals surface area (Å²) in [5, 5.41) is 1.89. The number of aromatic nitrogens is 1. The maximum Gasteiger partial charge on any atom is 0.443 e. The summed E-state index contributed by atoms with van der Waals surface area (Å²) in [6.45, 7) is 1.19. The molecular formula is C9H9F3N2O2S. The Morgan fingerprint density at radius 1 is 1.59 bits per heavy atom. The van der Waals surface area contributed by atoms with Crippen LogP contribution < -0.4 is 5.32 Å². The number of nitrogens with one attached hydrogen (secondary N) is 1. The van der Waals surface area contributed by atoms with Crippen LogP contribution in [-0.2, 0) is 10.9 Å². The number of morpholine rings is 1. The van der Waals surface area contributed by atoms with Crippen LogP contribution in [0, 0.1) is 0 Å². The molecule has 1 aromatic rings. The highest BCUT2D eigenvalue weighted by Gasteiger charge is 2.36. The van der Waals surface area contributed by atoms with Crippen molar-refractivity contribution in [3.8, 4) is 0 Å². The van der Waals surface area contributed by atoms with E-state index in [0.717, 1.165) is 6.20 Å². The second kappa shape index (κ2) is 4.71. The summed E-state index contributed by atoms with van der Waals surface area (Å²) in [5.74, 6) is -0.405. The lowest BCUT2D eigenvalue weighted by molar-refractivity contribution is -0.137. The standard InChI is InChI=1S/C9H9F3N2O2S/c10-9(11,12)8-14-3-6(17-8)7(15)5-4-16-2-1-13-5/h3,5,13H,1-2,4H2. The summed E-state index contributed by atoms with van der Waals surface area (Å²) in [4.78, 5) is 15.0. The summed E-state index contributed by atoms with van der Waals surface area (Å²) in [7, 11) is 0. The van der Waals surface area contributed by atoms with Crippen LogP contribution in [0.1, 0.15) is 14.7 Å². The second-order valence-electron chi connectivity index (χ2n) is 3.47. The summed E-state index contributed by atoms with van der Waals surface area (Å²) >= 11 is 0.360. The molecule has 8 heteroatoms. The molecule has 0 spiro atoms. The molecule has 1 aliphatic rings. The van der Waals surface area contributed by atoms with E-state index < -0.39 is 23.0 Å². The molecule has 17 heavy (non-hydrogen) atoms. The zero-order chi connectivity index (χ0) is 12.5. The minimum absolute atomic E-state index is 0.000301. The first-order chi connectivity index (χ1) is 7.98. The van der Waals surface area contributed by atoms with E-state index >= 15 is 0 Å². The lowest BCUT2D eigenvalue weighted by Crippen LogP contribution is -2.46. The van der Waals surface area contributed by atoms with Crippen molar-refractivity contribution >= 4 is 17.1 Å². The highest BCUT2D eigenvalue weighted by Crippen LogP contribution is 2.32. The quantitative estimate of drug-likeness (QED) is 0.821. The van der Waals surface area contributed by atoms with Crippen molar-refractivity contribution in [1.82, 2.24) is 10.3 Å². The molecule has 1 saturated heterocycles. The summed E-state index contributed by atoms with van der Waals surface area (Å²) in [6, 6.07) is -0.578. The van der Waals surface area contributed by atoms with Crippen molar-refractivity contribution in [3.05, 3.63) is 16.1 Å². The molecule has 1 N–H and O–H groups in total. The van der Waals surface area contributed by atoms with Crippen molar-refractivity contribution in [1.29, 1.82) is 0 Å². The molecule has 1 atom stereocenters. The van der Waals surface area contributed by atoms with Gasteiger partial charge in [0.25, 0.3) is 0 Å². The maximum absolute atomic E-state index is 12.3. The molecule has 0 aromatic carbocycles. The van der Waals surface area contributed by atoms with Crippen molar-refractivity contribution in [3.63, 3.8) is 0 Å². The molecule has 0 aliphatic carbocycles. The van der Waals surface area contributed by atoms with E-state index in [2.05, 4.69) is 10.3 Å². The fraction of sp³-hybridized carbons (Fsp3) is 0.556. The topological polar surface area (TPSA) is 51.2 Å². The van der Waals surface area contributed by atoms with Crippen LogP contribution in [0.4, 0.5) is 13.2 Å². The van der Waals surface area contributed by atoms with Crippen LogP contribution in [0.3, 0.4) is 0 Å². The van der Waals surface area contributed by atoms with E-state index in [1.54, 1.807) is 0 Å². The lowest BCUT2D eigenvalue weighted by atomic mass is 10.1. The number of carbonyl (C=O) groups is 1. The molecule has 4 nitrogen and oxygen atoms in total. The predicted molar refractivity (Wildman–Crippen MR) is 54.1 cm³/mol. The monoisotopic (exact) mass is 266 g/mol. The maximum atomic E-state index is 12.3. The van der Waals surface area contributed by atoms with Gasteiger partial charge in [0.1, 0.15) is 0 Å². The Kier molecular flexibility index (Phi) is 3.45. The summed E-state index contributed by atoms with van der Waals surface area (Å²) in [5.41, 5.74) is 0. The number of hydrogen-bond acceptors (Lipinski definition) is 5. The minimum atomic E-state index is -4.50. The number of alkyl halides is 3. The van der Waals surface area contributed by atoms with Crippen LogP contribution in [0.5, 0.6) is 0 Å². The van der Waals surface area contributed by atoms with Gasteiger partial charge in [-0.15, -0.1) is 11.3 Å². The van der Waals surface area contributed by atoms with E-state index in [1.165, 1.54) is 0 Å². The molecule has 94 valence electrons. The minimum Gasteiger partial charge on any atom is -0.378 e. The SMILES string of the molecule is O=C(c1cnc(C(F)(F)F)s1)C1COCCN1. The molecule has 1 fully saturated rings. The van der Waals surface area contributed by atoms with Crippen molar-refractivity contribution in [2.24, 2.45) is 0 Å². The number of nitrogens with zero attached hydrogens (tertiary/aromatic N) is 1. The van der Waals surface area contributed by atoms with Gasteiger partial charge in [0.15, 0.2) is 10.8 Å². The van der Waals surface area contributed by atoms with Crippen LogP contribution in [0.25, 0.3) is 0 Å². The fourth-order valence-corrected chi connectivity index (χ4v) is 2.20. The molecule has 2 heterocycles. The average Bonchev–Trinajstić information content (AvgIpc) is 2.78. The Morgan fingerprint density at radius 3 is 2.88 bits per heavy atom. The van der Waals surface area contributed by atoms with Crippen molar-refractivity contribution in [2.75, 3.05) is 19.8 Å². The van der Waals surface area contributed by atoms with Gasteiger partial charge in [-0.2, -0.15) is 13.2 Å². The molecule has 2 rings (SSSR count). The van der Waals surface area contributed by atoms with Gasteiger partial charge in [-0.1, -0.05) is 0 Å². The van der Waals surface area contributed by atoms with Gasteiger partial charge in [0, 0.05) is 12.7 Å². The molecule has 0 amide bonds. The van der Waals surface area contributed by atoms with Gasteiger partial charge in [-0.25, -0.2) is 4.98 Å². The smallest absolute Gasteiger partial charge is 0.378 e.